The molecule has 0 saturated carbocycles. The number of amides is 1. The highest BCUT2D eigenvalue weighted by atomic mass is 32.1. The molecule has 0 aliphatic heterocycles. The summed E-state index contributed by atoms with van der Waals surface area (Å²) in [6.45, 7) is 2.10. The predicted octanol–water partition coefficient (Wildman–Crippen LogP) is 4.81. The molecule has 1 amide bonds. The third-order valence-corrected chi connectivity index (χ3v) is 5.31. The number of carbonyl (C=O) groups is 2. The molecule has 0 spiro atoms. The zero-order valence-electron chi connectivity index (χ0n) is 15.3. The van der Waals surface area contributed by atoms with Crippen LogP contribution in [-0.4, -0.2) is 23.5 Å². The largest absolute Gasteiger partial charge is 0.462 e. The van der Waals surface area contributed by atoms with Crippen LogP contribution in [0.25, 0.3) is 21.0 Å². The van der Waals surface area contributed by atoms with E-state index in [1.807, 2.05) is 42.5 Å². The maximum Gasteiger partial charge on any atom is 0.338 e. The fraction of sp³-hybridized carbons (Fsp3) is 0.136. The van der Waals surface area contributed by atoms with Gasteiger partial charge in [0, 0.05) is 0 Å². The lowest BCUT2D eigenvalue weighted by atomic mass is 10.0. The lowest BCUT2D eigenvalue weighted by Crippen LogP contribution is -2.14. The first-order chi connectivity index (χ1) is 13.6. The Morgan fingerprint density at radius 1 is 1.07 bits per heavy atom. The summed E-state index contributed by atoms with van der Waals surface area (Å²) in [4.78, 5) is 28.9. The van der Waals surface area contributed by atoms with Gasteiger partial charge in [-0.3, -0.25) is 4.79 Å². The maximum absolute atomic E-state index is 12.5. The molecule has 0 fully saturated rings. The fourth-order valence-corrected chi connectivity index (χ4v) is 4.02. The Labute approximate surface area is 166 Å². The van der Waals surface area contributed by atoms with Crippen LogP contribution in [0.4, 0.5) is 5.13 Å². The monoisotopic (exact) mass is 390 g/mol. The van der Waals surface area contributed by atoms with Gasteiger partial charge in [0.25, 0.3) is 0 Å². The molecule has 1 aromatic heterocycles. The molecule has 1 N–H and O–H groups in total. The van der Waals surface area contributed by atoms with Crippen molar-refractivity contribution in [2.24, 2.45) is 0 Å². The van der Waals surface area contributed by atoms with Gasteiger partial charge in [-0.05, 0) is 41.5 Å². The molecule has 4 rings (SSSR count). The summed E-state index contributed by atoms with van der Waals surface area (Å²) in [5.74, 6) is -0.486. The van der Waals surface area contributed by atoms with Gasteiger partial charge >= 0.3 is 5.97 Å². The Morgan fingerprint density at radius 3 is 2.75 bits per heavy atom. The molecular weight excluding hydrogens is 372 g/mol. The third-order valence-electron chi connectivity index (χ3n) is 4.38. The van der Waals surface area contributed by atoms with E-state index >= 15 is 0 Å². The molecule has 0 aliphatic carbocycles. The van der Waals surface area contributed by atoms with Gasteiger partial charge in [-0.15, -0.1) is 0 Å². The maximum atomic E-state index is 12.5. The molecule has 0 saturated heterocycles. The van der Waals surface area contributed by atoms with Crippen LogP contribution in [-0.2, 0) is 16.0 Å². The van der Waals surface area contributed by atoms with Crippen molar-refractivity contribution < 1.29 is 14.3 Å². The van der Waals surface area contributed by atoms with Gasteiger partial charge in [0.15, 0.2) is 5.13 Å². The van der Waals surface area contributed by atoms with Gasteiger partial charge < -0.3 is 10.1 Å². The van der Waals surface area contributed by atoms with Crippen molar-refractivity contribution in [1.29, 1.82) is 0 Å². The van der Waals surface area contributed by atoms with Gasteiger partial charge in [-0.1, -0.05) is 53.8 Å². The highest BCUT2D eigenvalue weighted by Crippen LogP contribution is 2.27. The summed E-state index contributed by atoms with van der Waals surface area (Å²) >= 11 is 1.34. The molecule has 0 aliphatic rings. The Hall–Kier alpha value is -3.25. The van der Waals surface area contributed by atoms with E-state index < -0.39 is 0 Å². The number of rotatable bonds is 5. The Morgan fingerprint density at radius 2 is 1.89 bits per heavy atom. The van der Waals surface area contributed by atoms with E-state index in [0.717, 1.165) is 26.6 Å². The minimum Gasteiger partial charge on any atom is -0.462 e. The molecule has 5 nitrogen and oxygen atoms in total. The lowest BCUT2D eigenvalue weighted by molar-refractivity contribution is -0.115. The average Bonchev–Trinajstić information content (AvgIpc) is 3.09. The molecule has 0 atom stereocenters. The molecule has 0 unspecified atom stereocenters. The minimum absolute atomic E-state index is 0.124. The summed E-state index contributed by atoms with van der Waals surface area (Å²) in [7, 11) is 0. The van der Waals surface area contributed by atoms with Crippen LogP contribution in [0.5, 0.6) is 0 Å². The Bertz CT molecular complexity index is 1180. The highest BCUT2D eigenvalue weighted by Gasteiger charge is 2.13. The summed E-state index contributed by atoms with van der Waals surface area (Å²) in [6.07, 6.45) is 0.269. The van der Waals surface area contributed by atoms with E-state index in [1.54, 1.807) is 25.1 Å². The second-order valence-electron chi connectivity index (χ2n) is 6.29. The van der Waals surface area contributed by atoms with Gasteiger partial charge in [-0.25, -0.2) is 9.78 Å². The number of thiazole rings is 1. The first-order valence-corrected chi connectivity index (χ1v) is 9.80. The van der Waals surface area contributed by atoms with Crippen molar-refractivity contribution in [3.8, 4) is 0 Å². The van der Waals surface area contributed by atoms with E-state index in [1.165, 1.54) is 11.3 Å². The van der Waals surface area contributed by atoms with Crippen molar-refractivity contribution in [3.63, 3.8) is 0 Å². The lowest BCUT2D eigenvalue weighted by Gasteiger charge is -2.06. The summed E-state index contributed by atoms with van der Waals surface area (Å²) < 4.78 is 5.85. The third kappa shape index (κ3) is 3.73. The average molecular weight is 390 g/mol. The summed E-state index contributed by atoms with van der Waals surface area (Å²) in [5.41, 5.74) is 2.19. The number of fused-ring (bicyclic) bond motifs is 2. The molecular formula is C22H18N2O3S. The molecule has 0 radical (unpaired) electrons. The Kier molecular flexibility index (Phi) is 5.04. The van der Waals surface area contributed by atoms with E-state index in [4.69, 9.17) is 4.74 Å². The molecule has 28 heavy (non-hydrogen) atoms. The van der Waals surface area contributed by atoms with E-state index in [-0.39, 0.29) is 18.3 Å². The number of benzene rings is 3. The van der Waals surface area contributed by atoms with Gasteiger partial charge in [0.1, 0.15) is 0 Å². The fourth-order valence-electron chi connectivity index (χ4n) is 3.10. The van der Waals surface area contributed by atoms with Crippen molar-refractivity contribution in [2.45, 2.75) is 13.3 Å². The number of carbonyl (C=O) groups excluding carboxylic acids is 2. The number of ether oxygens (including phenoxy) is 1. The highest BCUT2D eigenvalue weighted by molar-refractivity contribution is 7.22. The van der Waals surface area contributed by atoms with Crippen molar-refractivity contribution in [3.05, 3.63) is 71.8 Å². The zero-order chi connectivity index (χ0) is 19.5. The van der Waals surface area contributed by atoms with E-state index in [0.29, 0.717) is 17.3 Å². The van der Waals surface area contributed by atoms with Crippen LogP contribution in [0.2, 0.25) is 0 Å². The number of hydrogen-bond donors (Lipinski definition) is 1. The van der Waals surface area contributed by atoms with Gasteiger partial charge in [0.05, 0.1) is 28.8 Å². The summed E-state index contributed by atoms with van der Waals surface area (Å²) in [5, 5.41) is 5.57. The van der Waals surface area contributed by atoms with Crippen LogP contribution < -0.4 is 5.32 Å². The van der Waals surface area contributed by atoms with Crippen LogP contribution in [0.15, 0.2) is 60.7 Å². The number of nitrogens with one attached hydrogen (secondary N) is 1. The minimum atomic E-state index is -0.362. The number of aromatic nitrogens is 1. The van der Waals surface area contributed by atoms with Crippen LogP contribution in [0, 0.1) is 0 Å². The van der Waals surface area contributed by atoms with Crippen molar-refractivity contribution >= 4 is 49.3 Å². The number of esters is 1. The zero-order valence-corrected chi connectivity index (χ0v) is 16.1. The number of nitrogens with zero attached hydrogens (tertiary/aromatic N) is 1. The topological polar surface area (TPSA) is 68.3 Å². The molecule has 4 aromatic rings. The first kappa shape index (κ1) is 18.1. The SMILES string of the molecule is CCOC(=O)c1ccc2nc(NC(=O)Cc3cccc4ccccc34)sc2c1. The second kappa shape index (κ2) is 7.78. The predicted molar refractivity (Wildman–Crippen MR) is 112 cm³/mol. The van der Waals surface area contributed by atoms with Crippen LogP contribution in [0.1, 0.15) is 22.8 Å². The van der Waals surface area contributed by atoms with Gasteiger partial charge in [0.2, 0.25) is 5.91 Å². The molecule has 140 valence electrons. The van der Waals surface area contributed by atoms with E-state index in [2.05, 4.69) is 10.3 Å². The number of anilines is 1. The standard InChI is InChI=1S/C22H18N2O3S/c1-2-27-21(26)16-10-11-18-19(12-16)28-22(23-18)24-20(25)13-15-8-5-7-14-6-3-4-9-17(14)15/h3-12H,2,13H2,1H3,(H,23,24,25). The van der Waals surface area contributed by atoms with Crippen molar-refractivity contribution in [2.75, 3.05) is 11.9 Å². The Balaban J connectivity index is 1.52. The smallest absolute Gasteiger partial charge is 0.338 e. The van der Waals surface area contributed by atoms with Gasteiger partial charge in [-0.2, -0.15) is 0 Å². The molecule has 1 heterocycles. The number of hydrogen-bond acceptors (Lipinski definition) is 5. The molecule has 6 heteroatoms. The van der Waals surface area contributed by atoms with Crippen LogP contribution in [0.3, 0.4) is 0 Å². The molecule has 3 aromatic carbocycles. The second-order valence-corrected chi connectivity index (χ2v) is 7.32. The van der Waals surface area contributed by atoms with Crippen molar-refractivity contribution in [1.82, 2.24) is 4.98 Å². The molecule has 0 bridgehead atoms. The first-order valence-electron chi connectivity index (χ1n) is 8.98. The van der Waals surface area contributed by atoms with E-state index in [9.17, 15) is 9.59 Å². The normalized spacial score (nSPS) is 10.9. The van der Waals surface area contributed by atoms with Crippen LogP contribution >= 0.6 is 11.3 Å². The summed E-state index contributed by atoms with van der Waals surface area (Å²) in [6, 6.07) is 19.1. The quantitative estimate of drug-likeness (QED) is 0.497.